The van der Waals surface area contributed by atoms with Crippen LogP contribution in [0.3, 0.4) is 0 Å². The van der Waals surface area contributed by atoms with Gasteiger partial charge >= 0.3 is 11.8 Å². The molecule has 0 radical (unpaired) electrons. The maximum Gasteiger partial charge on any atom is 0.314 e. The van der Waals surface area contributed by atoms with Crippen LogP contribution in [0, 0.1) is 5.92 Å². The van der Waals surface area contributed by atoms with Crippen molar-refractivity contribution in [1.29, 1.82) is 0 Å². The number of hydrogen-bond acceptors (Lipinski definition) is 4. The number of fused-ring (bicyclic) bond motifs is 1. The van der Waals surface area contributed by atoms with Gasteiger partial charge in [0.25, 0.3) is 0 Å². The van der Waals surface area contributed by atoms with E-state index in [4.69, 9.17) is 0 Å². The Balaban J connectivity index is 1.48. The van der Waals surface area contributed by atoms with Gasteiger partial charge < -0.3 is 15.5 Å². The Labute approximate surface area is 129 Å². The summed E-state index contributed by atoms with van der Waals surface area (Å²) in [6.07, 6.45) is 7.59. The molecule has 7 heteroatoms. The fourth-order valence-corrected chi connectivity index (χ4v) is 3.62. The van der Waals surface area contributed by atoms with Crippen LogP contribution in [0.1, 0.15) is 32.1 Å². The second kappa shape index (κ2) is 6.91. The Kier molecular flexibility index (Phi) is 4.72. The SMILES string of the molecule is O=C(NC[C@@H]1CCCN2CCCC[C@@H]12)C(=O)Nc1ccn[nH]1. The smallest absolute Gasteiger partial charge is 0.314 e. The quantitative estimate of drug-likeness (QED) is 0.718. The third-order valence-electron chi connectivity index (χ3n) is 4.71. The van der Waals surface area contributed by atoms with Gasteiger partial charge in [-0.2, -0.15) is 5.10 Å². The number of amides is 2. The summed E-state index contributed by atoms with van der Waals surface area (Å²) < 4.78 is 0. The molecule has 2 fully saturated rings. The highest BCUT2D eigenvalue weighted by atomic mass is 16.2. The van der Waals surface area contributed by atoms with Crippen LogP contribution in [0.5, 0.6) is 0 Å². The van der Waals surface area contributed by atoms with Crippen molar-refractivity contribution < 1.29 is 9.59 Å². The van der Waals surface area contributed by atoms with Gasteiger partial charge in [0, 0.05) is 18.7 Å². The molecule has 3 heterocycles. The van der Waals surface area contributed by atoms with Crippen LogP contribution in [0.25, 0.3) is 0 Å². The number of piperidine rings is 2. The van der Waals surface area contributed by atoms with Crippen molar-refractivity contribution in [3.63, 3.8) is 0 Å². The van der Waals surface area contributed by atoms with Crippen molar-refractivity contribution >= 4 is 17.6 Å². The molecule has 3 rings (SSSR count). The van der Waals surface area contributed by atoms with E-state index in [2.05, 4.69) is 25.7 Å². The molecule has 0 spiro atoms. The monoisotopic (exact) mass is 305 g/mol. The Bertz CT molecular complexity index is 514. The highest BCUT2D eigenvalue weighted by Gasteiger charge is 2.33. The van der Waals surface area contributed by atoms with E-state index in [-0.39, 0.29) is 0 Å². The predicted molar refractivity (Wildman–Crippen MR) is 82.2 cm³/mol. The molecule has 7 nitrogen and oxygen atoms in total. The van der Waals surface area contributed by atoms with Crippen molar-refractivity contribution in [2.75, 3.05) is 25.0 Å². The fraction of sp³-hybridized carbons (Fsp3) is 0.667. The Morgan fingerprint density at radius 1 is 1.23 bits per heavy atom. The molecule has 0 bridgehead atoms. The van der Waals surface area contributed by atoms with Crippen molar-refractivity contribution in [2.45, 2.75) is 38.1 Å². The number of carbonyl (C=O) groups excluding carboxylic acids is 2. The molecule has 0 aliphatic carbocycles. The molecule has 0 saturated carbocycles. The first-order valence-electron chi connectivity index (χ1n) is 8.06. The van der Waals surface area contributed by atoms with Crippen molar-refractivity contribution in [3.05, 3.63) is 12.3 Å². The maximum atomic E-state index is 11.9. The number of nitrogens with zero attached hydrogens (tertiary/aromatic N) is 2. The van der Waals surface area contributed by atoms with E-state index < -0.39 is 11.8 Å². The number of hydrogen-bond donors (Lipinski definition) is 3. The van der Waals surface area contributed by atoms with Crippen LogP contribution in [0.4, 0.5) is 5.82 Å². The minimum atomic E-state index is -0.652. The van der Waals surface area contributed by atoms with Crippen molar-refractivity contribution in [2.24, 2.45) is 5.92 Å². The highest BCUT2D eigenvalue weighted by Crippen LogP contribution is 2.30. The number of rotatable bonds is 3. The minimum Gasteiger partial charge on any atom is -0.347 e. The summed E-state index contributed by atoms with van der Waals surface area (Å²) in [4.78, 5) is 26.2. The molecule has 22 heavy (non-hydrogen) atoms. The normalized spacial score (nSPS) is 25.3. The summed E-state index contributed by atoms with van der Waals surface area (Å²) in [6, 6.07) is 2.17. The molecule has 2 amide bonds. The van der Waals surface area contributed by atoms with Crippen molar-refractivity contribution in [3.8, 4) is 0 Å². The van der Waals surface area contributed by atoms with E-state index in [0.29, 0.717) is 24.3 Å². The summed E-state index contributed by atoms with van der Waals surface area (Å²) in [7, 11) is 0. The molecular weight excluding hydrogens is 282 g/mol. The average Bonchev–Trinajstić information content (AvgIpc) is 3.05. The lowest BCUT2D eigenvalue weighted by Crippen LogP contribution is -2.51. The molecule has 2 saturated heterocycles. The van der Waals surface area contributed by atoms with E-state index in [9.17, 15) is 9.59 Å². The van der Waals surface area contributed by atoms with Crippen molar-refractivity contribution in [1.82, 2.24) is 20.4 Å². The number of aromatic nitrogens is 2. The minimum absolute atomic E-state index is 0.427. The molecule has 120 valence electrons. The van der Waals surface area contributed by atoms with Gasteiger partial charge in [-0.15, -0.1) is 0 Å². The van der Waals surface area contributed by atoms with Gasteiger partial charge in [0.1, 0.15) is 5.82 Å². The number of aromatic amines is 1. The Morgan fingerprint density at radius 2 is 2.09 bits per heavy atom. The molecule has 2 aliphatic heterocycles. The van der Waals surface area contributed by atoms with Gasteiger partial charge in [0.2, 0.25) is 0 Å². The Morgan fingerprint density at radius 3 is 2.91 bits per heavy atom. The van der Waals surface area contributed by atoms with Gasteiger partial charge in [-0.3, -0.25) is 14.7 Å². The zero-order chi connectivity index (χ0) is 15.4. The summed E-state index contributed by atoms with van der Waals surface area (Å²) in [6.45, 7) is 2.93. The van der Waals surface area contributed by atoms with Crippen LogP contribution < -0.4 is 10.6 Å². The number of nitrogens with one attached hydrogen (secondary N) is 3. The second-order valence-corrected chi connectivity index (χ2v) is 6.14. The number of anilines is 1. The third-order valence-corrected chi connectivity index (χ3v) is 4.71. The second-order valence-electron chi connectivity index (χ2n) is 6.14. The first-order chi connectivity index (χ1) is 10.7. The zero-order valence-corrected chi connectivity index (χ0v) is 12.7. The molecule has 2 atom stereocenters. The lowest BCUT2D eigenvalue weighted by Gasteiger charge is -2.44. The van der Waals surface area contributed by atoms with E-state index >= 15 is 0 Å². The van der Waals surface area contributed by atoms with Crippen LogP contribution in [0.15, 0.2) is 12.3 Å². The fourth-order valence-electron chi connectivity index (χ4n) is 3.62. The first kappa shape index (κ1) is 15.0. The van der Waals surface area contributed by atoms with E-state index in [1.807, 2.05) is 0 Å². The largest absolute Gasteiger partial charge is 0.347 e. The highest BCUT2D eigenvalue weighted by molar-refractivity contribution is 6.39. The standard InChI is InChI=1S/C15H23N5O2/c21-14(15(22)18-13-6-7-17-19-13)16-10-11-4-3-9-20-8-2-1-5-12(11)20/h6-7,11-12H,1-5,8-10H2,(H,16,21)(H2,17,18,19,22)/t11-,12-/m0/s1. The zero-order valence-electron chi connectivity index (χ0n) is 12.7. The lowest BCUT2D eigenvalue weighted by atomic mass is 9.83. The van der Waals surface area contributed by atoms with Crippen LogP contribution in [0.2, 0.25) is 0 Å². The number of carbonyl (C=O) groups is 2. The molecule has 1 aromatic heterocycles. The van der Waals surface area contributed by atoms with Gasteiger partial charge in [-0.05, 0) is 44.7 Å². The van der Waals surface area contributed by atoms with Gasteiger partial charge in [0.05, 0.1) is 6.20 Å². The van der Waals surface area contributed by atoms with Crippen LogP contribution >= 0.6 is 0 Å². The summed E-state index contributed by atoms with van der Waals surface area (Å²) in [5.41, 5.74) is 0. The topological polar surface area (TPSA) is 90.1 Å². The molecule has 0 aromatic carbocycles. The summed E-state index contributed by atoms with van der Waals surface area (Å²) >= 11 is 0. The van der Waals surface area contributed by atoms with Crippen LogP contribution in [-0.2, 0) is 9.59 Å². The van der Waals surface area contributed by atoms with Gasteiger partial charge in [0.15, 0.2) is 0 Å². The lowest BCUT2D eigenvalue weighted by molar-refractivity contribution is -0.136. The molecule has 2 aliphatic rings. The number of H-pyrrole nitrogens is 1. The summed E-state index contributed by atoms with van der Waals surface area (Å²) in [5, 5.41) is 11.6. The van der Waals surface area contributed by atoms with E-state index in [1.165, 1.54) is 45.0 Å². The van der Waals surface area contributed by atoms with Gasteiger partial charge in [-0.1, -0.05) is 6.42 Å². The molecule has 1 aromatic rings. The molecule has 3 N–H and O–H groups in total. The average molecular weight is 305 g/mol. The maximum absolute atomic E-state index is 11.9. The van der Waals surface area contributed by atoms with Crippen LogP contribution in [-0.4, -0.2) is 52.6 Å². The molecule has 0 unspecified atom stereocenters. The van der Waals surface area contributed by atoms with E-state index in [0.717, 1.165) is 6.42 Å². The third kappa shape index (κ3) is 3.47. The van der Waals surface area contributed by atoms with Gasteiger partial charge in [-0.25, -0.2) is 0 Å². The first-order valence-corrected chi connectivity index (χ1v) is 8.06. The molecular formula is C15H23N5O2. The summed E-state index contributed by atoms with van der Waals surface area (Å²) in [5.74, 6) is -0.350. The predicted octanol–water partition coefficient (Wildman–Crippen LogP) is 0.729. The van der Waals surface area contributed by atoms with E-state index in [1.54, 1.807) is 6.07 Å². The Hall–Kier alpha value is -1.89.